The van der Waals surface area contributed by atoms with Gasteiger partial charge < -0.3 is 11.5 Å². The third-order valence-electron chi connectivity index (χ3n) is 1.96. The lowest BCUT2D eigenvalue weighted by molar-refractivity contribution is -0.146. The SMILES string of the molecule is C[C@H](c1nccc(N)c1N)C(F)(F)F. The van der Waals surface area contributed by atoms with Crippen LogP contribution in [0.3, 0.4) is 0 Å². The Labute approximate surface area is 78.9 Å². The average molecular weight is 205 g/mol. The maximum Gasteiger partial charge on any atom is 0.397 e. The number of nitrogens with zero attached hydrogens (tertiary/aromatic N) is 1. The highest BCUT2D eigenvalue weighted by molar-refractivity contribution is 5.65. The van der Waals surface area contributed by atoms with Crippen LogP contribution in [0.1, 0.15) is 18.5 Å². The van der Waals surface area contributed by atoms with Crippen LogP contribution in [0.2, 0.25) is 0 Å². The summed E-state index contributed by atoms with van der Waals surface area (Å²) >= 11 is 0. The van der Waals surface area contributed by atoms with Crippen molar-refractivity contribution in [3.8, 4) is 0 Å². The Morgan fingerprint density at radius 3 is 2.43 bits per heavy atom. The first-order valence-corrected chi connectivity index (χ1v) is 3.90. The predicted octanol–water partition coefficient (Wildman–Crippen LogP) is 1.91. The fourth-order valence-corrected chi connectivity index (χ4v) is 1.01. The summed E-state index contributed by atoms with van der Waals surface area (Å²) in [6.07, 6.45) is -3.14. The molecule has 78 valence electrons. The zero-order valence-corrected chi connectivity index (χ0v) is 7.47. The van der Waals surface area contributed by atoms with Gasteiger partial charge >= 0.3 is 6.18 Å². The molecular weight excluding hydrogens is 195 g/mol. The molecule has 1 rings (SSSR count). The minimum Gasteiger partial charge on any atom is -0.397 e. The van der Waals surface area contributed by atoms with E-state index in [0.717, 1.165) is 6.92 Å². The van der Waals surface area contributed by atoms with Gasteiger partial charge in [-0.25, -0.2) is 0 Å². The van der Waals surface area contributed by atoms with Crippen molar-refractivity contribution in [1.82, 2.24) is 4.98 Å². The number of nitrogens with two attached hydrogens (primary N) is 2. The summed E-state index contributed by atoms with van der Waals surface area (Å²) in [7, 11) is 0. The molecule has 0 radical (unpaired) electrons. The molecule has 6 heteroatoms. The van der Waals surface area contributed by atoms with E-state index in [4.69, 9.17) is 11.5 Å². The Bertz CT molecular complexity index is 335. The van der Waals surface area contributed by atoms with Gasteiger partial charge in [0.25, 0.3) is 0 Å². The van der Waals surface area contributed by atoms with Crippen molar-refractivity contribution < 1.29 is 13.2 Å². The molecule has 0 unspecified atom stereocenters. The number of pyridine rings is 1. The van der Waals surface area contributed by atoms with E-state index in [1.54, 1.807) is 0 Å². The second kappa shape index (κ2) is 3.36. The molecule has 0 amide bonds. The largest absolute Gasteiger partial charge is 0.397 e. The number of aromatic nitrogens is 1. The van der Waals surface area contributed by atoms with E-state index in [0.29, 0.717) is 0 Å². The van der Waals surface area contributed by atoms with Gasteiger partial charge in [0.15, 0.2) is 0 Å². The van der Waals surface area contributed by atoms with E-state index in [1.807, 2.05) is 0 Å². The molecule has 4 N–H and O–H groups in total. The second-order valence-corrected chi connectivity index (χ2v) is 2.96. The Balaban J connectivity index is 3.14. The number of alkyl halides is 3. The molecule has 0 aliphatic carbocycles. The van der Waals surface area contributed by atoms with Crippen LogP contribution in [-0.4, -0.2) is 11.2 Å². The van der Waals surface area contributed by atoms with Gasteiger partial charge in [0, 0.05) is 6.20 Å². The third-order valence-corrected chi connectivity index (χ3v) is 1.96. The second-order valence-electron chi connectivity index (χ2n) is 2.96. The normalized spacial score (nSPS) is 14.0. The van der Waals surface area contributed by atoms with Gasteiger partial charge in [0.2, 0.25) is 0 Å². The first-order chi connectivity index (χ1) is 6.34. The third kappa shape index (κ3) is 1.89. The molecular formula is C8H10F3N3. The van der Waals surface area contributed by atoms with Crippen molar-refractivity contribution in [1.29, 1.82) is 0 Å². The Kier molecular flexibility index (Phi) is 2.55. The van der Waals surface area contributed by atoms with Crippen LogP contribution in [-0.2, 0) is 0 Å². The van der Waals surface area contributed by atoms with Gasteiger partial charge in [-0.05, 0) is 13.0 Å². The van der Waals surface area contributed by atoms with Crippen molar-refractivity contribution in [2.75, 3.05) is 11.5 Å². The molecule has 0 saturated carbocycles. The van der Waals surface area contributed by atoms with Crippen molar-refractivity contribution in [2.45, 2.75) is 19.0 Å². The van der Waals surface area contributed by atoms with E-state index < -0.39 is 12.1 Å². The van der Waals surface area contributed by atoms with Crippen LogP contribution in [0.5, 0.6) is 0 Å². The number of halogens is 3. The molecule has 3 nitrogen and oxygen atoms in total. The van der Waals surface area contributed by atoms with Gasteiger partial charge in [-0.2, -0.15) is 13.2 Å². The first-order valence-electron chi connectivity index (χ1n) is 3.90. The van der Waals surface area contributed by atoms with Gasteiger partial charge in [-0.1, -0.05) is 0 Å². The molecule has 1 aromatic heterocycles. The highest BCUT2D eigenvalue weighted by Gasteiger charge is 2.39. The van der Waals surface area contributed by atoms with Gasteiger partial charge in [-0.15, -0.1) is 0 Å². The molecule has 0 aliphatic rings. The van der Waals surface area contributed by atoms with Gasteiger partial charge in [0.05, 0.1) is 23.0 Å². The summed E-state index contributed by atoms with van der Waals surface area (Å²) in [4.78, 5) is 3.58. The zero-order chi connectivity index (χ0) is 10.9. The quantitative estimate of drug-likeness (QED) is 0.736. The molecule has 1 heterocycles. The number of nitrogen functional groups attached to an aromatic ring is 2. The molecule has 0 aliphatic heterocycles. The van der Waals surface area contributed by atoms with Crippen molar-refractivity contribution in [3.63, 3.8) is 0 Å². The van der Waals surface area contributed by atoms with E-state index >= 15 is 0 Å². The number of rotatable bonds is 1. The molecule has 1 aromatic rings. The standard InChI is InChI=1S/C8H10F3N3/c1-4(8(9,10)11)7-6(13)5(12)2-3-14-7/h2-4H,13H2,1H3,(H2,12,14)/t4-/m1/s1. The van der Waals surface area contributed by atoms with Crippen molar-refractivity contribution in [2.24, 2.45) is 0 Å². The lowest BCUT2D eigenvalue weighted by atomic mass is 10.0. The topological polar surface area (TPSA) is 64.9 Å². The fourth-order valence-electron chi connectivity index (χ4n) is 1.01. The molecule has 0 aromatic carbocycles. The van der Waals surface area contributed by atoms with E-state index in [1.165, 1.54) is 12.3 Å². The average Bonchev–Trinajstić information content (AvgIpc) is 2.07. The van der Waals surface area contributed by atoms with Gasteiger partial charge in [0.1, 0.15) is 0 Å². The number of hydrogen-bond donors (Lipinski definition) is 2. The summed E-state index contributed by atoms with van der Waals surface area (Å²) in [6, 6.07) is 1.36. The van der Waals surface area contributed by atoms with E-state index in [2.05, 4.69) is 4.98 Å². The van der Waals surface area contributed by atoms with Gasteiger partial charge in [-0.3, -0.25) is 4.98 Å². The monoisotopic (exact) mass is 205 g/mol. The Morgan fingerprint density at radius 2 is 1.93 bits per heavy atom. The maximum absolute atomic E-state index is 12.3. The zero-order valence-electron chi connectivity index (χ0n) is 7.47. The molecule has 0 fully saturated rings. The van der Waals surface area contributed by atoms with Crippen molar-refractivity contribution in [3.05, 3.63) is 18.0 Å². The minimum atomic E-state index is -4.35. The lowest BCUT2D eigenvalue weighted by Gasteiger charge is -2.17. The number of anilines is 2. The Hall–Kier alpha value is -1.46. The van der Waals surface area contributed by atoms with Crippen LogP contribution in [0.15, 0.2) is 12.3 Å². The molecule has 14 heavy (non-hydrogen) atoms. The van der Waals surface area contributed by atoms with E-state index in [-0.39, 0.29) is 17.1 Å². The van der Waals surface area contributed by atoms with Crippen LogP contribution >= 0.6 is 0 Å². The minimum absolute atomic E-state index is 0.0997. The summed E-state index contributed by atoms with van der Waals surface area (Å²) in [5.41, 5.74) is 10.6. The highest BCUT2D eigenvalue weighted by Crippen LogP contribution is 2.36. The Morgan fingerprint density at radius 1 is 1.36 bits per heavy atom. The molecule has 1 atom stereocenters. The van der Waals surface area contributed by atoms with Crippen LogP contribution in [0.25, 0.3) is 0 Å². The molecule has 0 spiro atoms. The fraction of sp³-hybridized carbons (Fsp3) is 0.375. The first kappa shape index (κ1) is 10.6. The number of hydrogen-bond acceptors (Lipinski definition) is 3. The summed E-state index contributed by atoms with van der Waals surface area (Å²) in [5, 5.41) is 0. The predicted molar refractivity (Wildman–Crippen MR) is 47.5 cm³/mol. The maximum atomic E-state index is 12.3. The van der Waals surface area contributed by atoms with E-state index in [9.17, 15) is 13.2 Å². The van der Waals surface area contributed by atoms with Crippen LogP contribution < -0.4 is 11.5 Å². The van der Waals surface area contributed by atoms with Crippen molar-refractivity contribution >= 4 is 11.4 Å². The summed E-state index contributed by atoms with van der Waals surface area (Å²) in [5.74, 6) is -1.70. The summed E-state index contributed by atoms with van der Waals surface area (Å²) < 4.78 is 36.9. The summed E-state index contributed by atoms with van der Waals surface area (Å²) in [6.45, 7) is 0.998. The van der Waals surface area contributed by atoms with Crippen LogP contribution in [0, 0.1) is 0 Å². The highest BCUT2D eigenvalue weighted by atomic mass is 19.4. The van der Waals surface area contributed by atoms with Crippen LogP contribution in [0.4, 0.5) is 24.5 Å². The molecule has 0 bridgehead atoms. The lowest BCUT2D eigenvalue weighted by Crippen LogP contribution is -2.20. The molecule has 0 saturated heterocycles. The smallest absolute Gasteiger partial charge is 0.397 e.